The number of carbonyl (C=O) groups excluding carboxylic acids is 3. The third-order valence-electron chi connectivity index (χ3n) is 3.97. The van der Waals surface area contributed by atoms with Crippen LogP contribution in [0.4, 0.5) is 4.79 Å². The Labute approximate surface area is 133 Å². The molecule has 2 aliphatic heterocycles. The van der Waals surface area contributed by atoms with Crippen LogP contribution in [-0.4, -0.2) is 48.1 Å². The maximum atomic E-state index is 11.6. The quantitative estimate of drug-likeness (QED) is 0.440. The fourth-order valence-electron chi connectivity index (χ4n) is 2.82. The monoisotopic (exact) mass is 325 g/mol. The van der Waals surface area contributed by atoms with Gasteiger partial charge < -0.3 is 14.2 Å². The molecule has 3 rings (SSSR count). The van der Waals surface area contributed by atoms with Crippen LogP contribution in [-0.2, 0) is 28.6 Å². The third-order valence-corrected chi connectivity index (χ3v) is 3.97. The lowest BCUT2D eigenvalue weighted by atomic mass is 10.0. The molecular weight excluding hydrogens is 306 g/mol. The van der Waals surface area contributed by atoms with Crippen LogP contribution in [0.3, 0.4) is 0 Å². The zero-order valence-corrected chi connectivity index (χ0v) is 12.6. The molecule has 0 bridgehead atoms. The summed E-state index contributed by atoms with van der Waals surface area (Å²) in [6.07, 6.45) is 6.16. The molecule has 3 atom stereocenters. The average Bonchev–Trinajstić information content (AvgIpc) is 3.03. The van der Waals surface area contributed by atoms with Crippen LogP contribution in [0.5, 0.6) is 0 Å². The highest BCUT2D eigenvalue weighted by molar-refractivity contribution is 6.01. The Bertz CT molecular complexity index is 502. The van der Waals surface area contributed by atoms with Crippen LogP contribution >= 0.6 is 0 Å². The van der Waals surface area contributed by atoms with Gasteiger partial charge in [0.2, 0.25) is 0 Å². The number of rotatable bonds is 3. The number of hydrogen-bond donors (Lipinski definition) is 0. The van der Waals surface area contributed by atoms with Crippen LogP contribution < -0.4 is 0 Å². The first kappa shape index (κ1) is 15.9. The molecule has 2 saturated heterocycles. The Hall–Kier alpha value is -1.93. The van der Waals surface area contributed by atoms with Gasteiger partial charge in [-0.2, -0.15) is 0 Å². The van der Waals surface area contributed by atoms with Crippen molar-refractivity contribution in [1.29, 1.82) is 0 Å². The lowest BCUT2D eigenvalue weighted by Gasteiger charge is -2.16. The summed E-state index contributed by atoms with van der Waals surface area (Å²) in [6.45, 7) is -0.147. The number of nitrogens with zero attached hydrogens (tertiary/aromatic N) is 1. The number of hydroxylamine groups is 2. The minimum Gasteiger partial charge on any atom is -0.427 e. The van der Waals surface area contributed by atoms with Gasteiger partial charge in [-0.3, -0.25) is 14.4 Å². The SMILES string of the molecule is O=C(OC[C@H]1O[C@H]2C/C=C/CCC[C@H]2O1)ON1C(=O)CCC1=O. The minimum absolute atomic E-state index is 0.00805. The molecule has 126 valence electrons. The van der Waals surface area contributed by atoms with E-state index in [1.165, 1.54) is 0 Å². The lowest BCUT2D eigenvalue weighted by Crippen LogP contribution is -2.33. The molecule has 0 aromatic rings. The summed E-state index contributed by atoms with van der Waals surface area (Å²) in [5.74, 6) is -1.10. The first-order chi connectivity index (χ1) is 11.1. The number of ether oxygens (including phenoxy) is 3. The average molecular weight is 325 g/mol. The Morgan fingerprint density at radius 3 is 2.70 bits per heavy atom. The van der Waals surface area contributed by atoms with Gasteiger partial charge in [0, 0.05) is 12.8 Å². The van der Waals surface area contributed by atoms with Gasteiger partial charge in [-0.1, -0.05) is 17.2 Å². The molecule has 23 heavy (non-hydrogen) atoms. The number of allylic oxidation sites excluding steroid dienone is 1. The number of fused-ring (bicyclic) bond motifs is 1. The highest BCUT2D eigenvalue weighted by atomic mass is 16.8. The maximum Gasteiger partial charge on any atom is 0.534 e. The van der Waals surface area contributed by atoms with E-state index in [9.17, 15) is 14.4 Å². The molecule has 8 heteroatoms. The predicted octanol–water partition coefficient (Wildman–Crippen LogP) is 1.44. The second-order valence-electron chi connectivity index (χ2n) is 5.65. The van der Waals surface area contributed by atoms with E-state index in [0.717, 1.165) is 25.7 Å². The van der Waals surface area contributed by atoms with Gasteiger partial charge in [0.15, 0.2) is 6.29 Å². The molecule has 0 unspecified atom stereocenters. The zero-order valence-electron chi connectivity index (χ0n) is 12.6. The molecular formula is C15H19NO7. The van der Waals surface area contributed by atoms with E-state index in [-0.39, 0.29) is 31.7 Å². The fraction of sp³-hybridized carbons (Fsp3) is 0.667. The van der Waals surface area contributed by atoms with Crippen molar-refractivity contribution in [2.45, 2.75) is 57.0 Å². The first-order valence-electron chi connectivity index (χ1n) is 7.80. The minimum atomic E-state index is -1.12. The molecule has 3 aliphatic rings. The fourth-order valence-corrected chi connectivity index (χ4v) is 2.82. The van der Waals surface area contributed by atoms with E-state index in [4.69, 9.17) is 14.2 Å². The molecule has 1 aliphatic carbocycles. The smallest absolute Gasteiger partial charge is 0.427 e. The molecule has 2 fully saturated rings. The van der Waals surface area contributed by atoms with E-state index in [0.29, 0.717) is 5.06 Å². The standard InChI is InChI=1S/C15H19NO7/c17-12-7-8-13(18)16(12)23-15(19)20-9-14-21-10-5-3-1-2-4-6-11(10)22-14/h1,3,10-11,14H,2,4-9H2/b3-1+/t10-,11+,14-/m0/s1. The van der Waals surface area contributed by atoms with Crippen LogP contribution in [0.15, 0.2) is 12.2 Å². The summed E-state index contributed by atoms with van der Waals surface area (Å²) in [5, 5.41) is 0.442. The van der Waals surface area contributed by atoms with Crippen molar-refractivity contribution in [2.75, 3.05) is 6.61 Å². The third kappa shape index (κ3) is 3.89. The number of amides is 2. The van der Waals surface area contributed by atoms with Crippen LogP contribution in [0.2, 0.25) is 0 Å². The van der Waals surface area contributed by atoms with Crippen molar-refractivity contribution < 1.29 is 33.4 Å². The largest absolute Gasteiger partial charge is 0.534 e. The van der Waals surface area contributed by atoms with Crippen molar-refractivity contribution in [3.8, 4) is 0 Å². The summed E-state index contributed by atoms with van der Waals surface area (Å²) in [5.41, 5.74) is 0. The van der Waals surface area contributed by atoms with Gasteiger partial charge in [-0.15, -0.1) is 0 Å². The van der Waals surface area contributed by atoms with Crippen LogP contribution in [0.25, 0.3) is 0 Å². The summed E-state index contributed by atoms with van der Waals surface area (Å²) >= 11 is 0. The van der Waals surface area contributed by atoms with Crippen molar-refractivity contribution in [2.24, 2.45) is 0 Å². The number of imide groups is 1. The summed E-state index contributed by atoms with van der Waals surface area (Å²) in [7, 11) is 0. The first-order valence-corrected chi connectivity index (χ1v) is 7.80. The second kappa shape index (κ2) is 7.10. The van der Waals surface area contributed by atoms with Crippen LogP contribution in [0.1, 0.15) is 38.5 Å². The summed E-state index contributed by atoms with van der Waals surface area (Å²) in [4.78, 5) is 38.8. The van der Waals surface area contributed by atoms with Crippen molar-refractivity contribution >= 4 is 18.0 Å². The Morgan fingerprint density at radius 1 is 1.17 bits per heavy atom. The summed E-state index contributed by atoms with van der Waals surface area (Å²) < 4.78 is 16.3. The maximum absolute atomic E-state index is 11.6. The molecule has 0 spiro atoms. The summed E-state index contributed by atoms with van der Waals surface area (Å²) in [6, 6.07) is 0. The molecule has 0 radical (unpaired) electrons. The molecule has 0 saturated carbocycles. The molecule has 8 nitrogen and oxygen atoms in total. The Kier molecular flexibility index (Phi) is 4.92. The molecule has 0 N–H and O–H groups in total. The van der Waals surface area contributed by atoms with Crippen LogP contribution in [0, 0.1) is 0 Å². The van der Waals surface area contributed by atoms with Gasteiger partial charge in [0.25, 0.3) is 11.8 Å². The van der Waals surface area contributed by atoms with E-state index < -0.39 is 24.3 Å². The number of carbonyl (C=O) groups is 3. The molecule has 0 aromatic heterocycles. The topological polar surface area (TPSA) is 91.4 Å². The molecule has 0 aromatic carbocycles. The van der Waals surface area contributed by atoms with Gasteiger partial charge >= 0.3 is 6.16 Å². The van der Waals surface area contributed by atoms with Crippen molar-refractivity contribution in [3.05, 3.63) is 12.2 Å². The molecule has 2 heterocycles. The van der Waals surface area contributed by atoms with E-state index in [1.54, 1.807) is 0 Å². The normalized spacial score (nSPS) is 32.2. The molecule has 2 amide bonds. The van der Waals surface area contributed by atoms with E-state index >= 15 is 0 Å². The van der Waals surface area contributed by atoms with Gasteiger partial charge in [0.05, 0.1) is 12.2 Å². The van der Waals surface area contributed by atoms with Gasteiger partial charge in [-0.25, -0.2) is 4.79 Å². The Morgan fingerprint density at radius 2 is 1.91 bits per heavy atom. The number of hydrogen-bond acceptors (Lipinski definition) is 7. The van der Waals surface area contributed by atoms with E-state index in [1.807, 2.05) is 0 Å². The van der Waals surface area contributed by atoms with Crippen molar-refractivity contribution in [3.63, 3.8) is 0 Å². The predicted molar refractivity (Wildman–Crippen MR) is 74.7 cm³/mol. The van der Waals surface area contributed by atoms with Crippen molar-refractivity contribution in [1.82, 2.24) is 5.06 Å². The van der Waals surface area contributed by atoms with Gasteiger partial charge in [-0.05, 0) is 25.7 Å². The highest BCUT2D eigenvalue weighted by Gasteiger charge is 2.37. The Balaban J connectivity index is 1.44. The lowest BCUT2D eigenvalue weighted by molar-refractivity contribution is -0.180. The highest BCUT2D eigenvalue weighted by Crippen LogP contribution is 2.28. The van der Waals surface area contributed by atoms with Gasteiger partial charge in [0.1, 0.15) is 6.61 Å². The second-order valence-corrected chi connectivity index (χ2v) is 5.65. The zero-order chi connectivity index (χ0) is 16.2. The van der Waals surface area contributed by atoms with E-state index in [2.05, 4.69) is 17.0 Å².